The van der Waals surface area contributed by atoms with Crippen LogP contribution in [0, 0.1) is 5.82 Å². The highest BCUT2D eigenvalue weighted by atomic mass is 19.1. The fourth-order valence-electron chi connectivity index (χ4n) is 3.76. The van der Waals surface area contributed by atoms with Crippen LogP contribution in [-0.4, -0.2) is 25.1 Å². The van der Waals surface area contributed by atoms with Crippen molar-refractivity contribution < 1.29 is 4.39 Å². The Balaban J connectivity index is 1.67. The number of nitrogens with one attached hydrogen (secondary N) is 2. The summed E-state index contributed by atoms with van der Waals surface area (Å²) in [4.78, 5) is 12.4. The van der Waals surface area contributed by atoms with Crippen LogP contribution in [-0.2, 0) is 0 Å². The van der Waals surface area contributed by atoms with Crippen molar-refractivity contribution in [3.63, 3.8) is 0 Å². The number of halogens is 1. The van der Waals surface area contributed by atoms with Crippen LogP contribution in [0.1, 0.15) is 12.6 Å². The van der Waals surface area contributed by atoms with Gasteiger partial charge in [0.05, 0.1) is 22.4 Å². The minimum absolute atomic E-state index is 0.274. The molecule has 0 amide bonds. The first kappa shape index (κ1) is 19.6. The smallest absolute Gasteiger partial charge is 0.123 e. The number of H-pyrrole nitrogens is 2. The zero-order chi connectivity index (χ0) is 22.1. The normalized spacial score (nSPS) is 12.6. The van der Waals surface area contributed by atoms with Crippen LogP contribution in [0.15, 0.2) is 73.6 Å². The van der Waals surface area contributed by atoms with E-state index < -0.39 is 0 Å². The standard InChI is InChI=1S/C26H20FN5/c1-3-21-19(14-16(2)22-6-4-5-12-28-22)26(32-31-21)24-15-20-23(30-24)11-13-29-25(20)17-7-9-18(27)10-8-17/h3-15,30-31H,2H2,1H3/b19-14+,21-3+. The highest BCUT2D eigenvalue weighted by Crippen LogP contribution is 2.29. The summed E-state index contributed by atoms with van der Waals surface area (Å²) in [6.07, 6.45) is 7.45. The van der Waals surface area contributed by atoms with Gasteiger partial charge in [0.15, 0.2) is 0 Å². The second-order valence-electron chi connectivity index (χ2n) is 7.38. The van der Waals surface area contributed by atoms with Crippen molar-refractivity contribution in [2.24, 2.45) is 0 Å². The Kier molecular flexibility index (Phi) is 4.95. The molecule has 5 aromatic rings. The van der Waals surface area contributed by atoms with Gasteiger partial charge < -0.3 is 4.98 Å². The third-order valence-corrected chi connectivity index (χ3v) is 5.36. The van der Waals surface area contributed by atoms with E-state index in [0.717, 1.165) is 55.4 Å². The molecule has 5 rings (SSSR count). The Morgan fingerprint density at radius 1 is 1.00 bits per heavy atom. The van der Waals surface area contributed by atoms with Gasteiger partial charge in [0.2, 0.25) is 0 Å². The largest absolute Gasteiger partial charge is 0.353 e. The number of nitrogens with zero attached hydrogens (tertiary/aromatic N) is 3. The lowest BCUT2D eigenvalue weighted by atomic mass is 10.1. The summed E-state index contributed by atoms with van der Waals surface area (Å²) >= 11 is 0. The number of pyridine rings is 2. The molecule has 6 heteroatoms. The maximum Gasteiger partial charge on any atom is 0.123 e. The van der Waals surface area contributed by atoms with Crippen molar-refractivity contribution >= 4 is 28.6 Å². The minimum atomic E-state index is -0.274. The molecule has 5 nitrogen and oxygen atoms in total. The Morgan fingerprint density at radius 3 is 2.59 bits per heavy atom. The molecule has 156 valence electrons. The summed E-state index contributed by atoms with van der Waals surface area (Å²) in [5.74, 6) is -0.274. The summed E-state index contributed by atoms with van der Waals surface area (Å²) in [6, 6.07) is 16.0. The van der Waals surface area contributed by atoms with Gasteiger partial charge in [-0.3, -0.25) is 15.1 Å². The lowest BCUT2D eigenvalue weighted by Crippen LogP contribution is -2.23. The second kappa shape index (κ2) is 8.07. The van der Waals surface area contributed by atoms with Gasteiger partial charge in [-0.15, -0.1) is 0 Å². The van der Waals surface area contributed by atoms with Crippen molar-refractivity contribution in [1.82, 2.24) is 25.1 Å². The second-order valence-corrected chi connectivity index (χ2v) is 7.38. The van der Waals surface area contributed by atoms with Gasteiger partial charge in [0, 0.05) is 34.1 Å². The highest BCUT2D eigenvalue weighted by Gasteiger charge is 2.13. The monoisotopic (exact) mass is 421 g/mol. The Labute approximate surface area is 183 Å². The third kappa shape index (κ3) is 3.52. The van der Waals surface area contributed by atoms with E-state index in [9.17, 15) is 4.39 Å². The molecule has 0 radical (unpaired) electrons. The molecule has 1 aromatic carbocycles. The molecule has 4 heterocycles. The molecule has 0 atom stereocenters. The first-order valence-electron chi connectivity index (χ1n) is 10.2. The first-order valence-corrected chi connectivity index (χ1v) is 10.2. The summed E-state index contributed by atoms with van der Waals surface area (Å²) in [5, 5.41) is 10.4. The van der Waals surface area contributed by atoms with E-state index in [1.807, 2.05) is 49.4 Å². The van der Waals surface area contributed by atoms with E-state index in [4.69, 9.17) is 0 Å². The van der Waals surface area contributed by atoms with E-state index in [-0.39, 0.29) is 5.82 Å². The number of benzene rings is 1. The molecule has 32 heavy (non-hydrogen) atoms. The number of rotatable bonds is 4. The number of hydrogen-bond acceptors (Lipinski definition) is 3. The van der Waals surface area contributed by atoms with Gasteiger partial charge in [0.25, 0.3) is 0 Å². The van der Waals surface area contributed by atoms with Gasteiger partial charge in [-0.25, -0.2) is 4.39 Å². The van der Waals surface area contributed by atoms with Crippen LogP contribution >= 0.6 is 0 Å². The van der Waals surface area contributed by atoms with Crippen molar-refractivity contribution in [2.45, 2.75) is 6.92 Å². The van der Waals surface area contributed by atoms with Crippen LogP contribution in [0.2, 0.25) is 0 Å². The average Bonchev–Trinajstić information content (AvgIpc) is 3.43. The zero-order valence-electron chi connectivity index (χ0n) is 17.4. The van der Waals surface area contributed by atoms with Gasteiger partial charge in [-0.1, -0.05) is 18.7 Å². The van der Waals surface area contributed by atoms with E-state index in [2.05, 4.69) is 31.7 Å². The van der Waals surface area contributed by atoms with Crippen LogP contribution in [0.3, 0.4) is 0 Å². The first-order chi connectivity index (χ1) is 15.6. The number of aromatic amines is 2. The van der Waals surface area contributed by atoms with Crippen molar-refractivity contribution in [1.29, 1.82) is 0 Å². The summed E-state index contributed by atoms with van der Waals surface area (Å²) in [7, 11) is 0. The topological polar surface area (TPSA) is 70.2 Å². The van der Waals surface area contributed by atoms with Gasteiger partial charge in [0.1, 0.15) is 11.5 Å². The molecular weight excluding hydrogens is 401 g/mol. The fraction of sp³-hybridized carbons (Fsp3) is 0.0385. The lowest BCUT2D eigenvalue weighted by molar-refractivity contribution is 0.628. The van der Waals surface area contributed by atoms with E-state index >= 15 is 0 Å². The molecule has 0 fully saturated rings. The quantitative estimate of drug-likeness (QED) is 0.450. The molecule has 0 unspecified atom stereocenters. The SMILES string of the molecule is C=C(/C=c1/c(-c2cc3c(-c4ccc(F)cc4)nccc3[nH]2)n[nH]/c1=C/C)c1ccccn1. The Bertz CT molecular complexity index is 1540. The van der Waals surface area contributed by atoms with Crippen molar-refractivity contribution in [3.05, 3.63) is 95.6 Å². The Morgan fingerprint density at radius 2 is 1.84 bits per heavy atom. The molecule has 0 bridgehead atoms. The average molecular weight is 421 g/mol. The minimum Gasteiger partial charge on any atom is -0.353 e. The van der Waals surface area contributed by atoms with E-state index in [1.165, 1.54) is 12.1 Å². The molecule has 0 spiro atoms. The Hall–Kier alpha value is -4.32. The van der Waals surface area contributed by atoms with Crippen LogP contribution in [0.4, 0.5) is 4.39 Å². The lowest BCUT2D eigenvalue weighted by Gasteiger charge is -2.02. The number of allylic oxidation sites excluding steroid dienone is 1. The maximum absolute atomic E-state index is 13.4. The van der Waals surface area contributed by atoms with E-state index in [0.29, 0.717) is 0 Å². The molecule has 0 aliphatic carbocycles. The summed E-state index contributed by atoms with van der Waals surface area (Å²) < 4.78 is 13.4. The van der Waals surface area contributed by atoms with Crippen LogP contribution in [0.5, 0.6) is 0 Å². The number of aromatic nitrogens is 5. The summed E-state index contributed by atoms with van der Waals surface area (Å²) in [6.45, 7) is 6.15. The van der Waals surface area contributed by atoms with E-state index in [1.54, 1.807) is 24.5 Å². The maximum atomic E-state index is 13.4. The molecule has 0 aliphatic heterocycles. The predicted molar refractivity (Wildman–Crippen MR) is 126 cm³/mol. The molecule has 4 aromatic heterocycles. The third-order valence-electron chi connectivity index (χ3n) is 5.36. The molecular formula is C26H20FN5. The van der Waals surface area contributed by atoms with Gasteiger partial charge in [-0.2, -0.15) is 5.10 Å². The molecule has 0 aliphatic rings. The molecule has 0 saturated heterocycles. The van der Waals surface area contributed by atoms with Crippen molar-refractivity contribution in [3.8, 4) is 22.6 Å². The predicted octanol–water partition coefficient (Wildman–Crippen LogP) is 4.45. The van der Waals surface area contributed by atoms with Crippen LogP contribution in [0.25, 0.3) is 51.3 Å². The number of fused-ring (bicyclic) bond motifs is 1. The van der Waals surface area contributed by atoms with Gasteiger partial charge >= 0.3 is 0 Å². The van der Waals surface area contributed by atoms with Crippen LogP contribution < -0.4 is 10.6 Å². The highest BCUT2D eigenvalue weighted by molar-refractivity contribution is 5.96. The molecule has 2 N–H and O–H groups in total. The van der Waals surface area contributed by atoms with Gasteiger partial charge in [-0.05, 0) is 67.1 Å². The number of hydrogen-bond donors (Lipinski definition) is 2. The fourth-order valence-corrected chi connectivity index (χ4v) is 3.76. The van der Waals surface area contributed by atoms with Crippen molar-refractivity contribution in [2.75, 3.05) is 0 Å². The molecule has 0 saturated carbocycles. The zero-order valence-corrected chi connectivity index (χ0v) is 17.4. The summed E-state index contributed by atoms with van der Waals surface area (Å²) in [5.41, 5.74) is 5.78.